The third kappa shape index (κ3) is 4.66. The molecule has 0 heterocycles. The van der Waals surface area contributed by atoms with Crippen LogP contribution in [0.5, 0.6) is 11.5 Å². The molecule has 0 amide bonds. The van der Waals surface area contributed by atoms with Gasteiger partial charge in [0.1, 0.15) is 4.90 Å². The Morgan fingerprint density at radius 1 is 0.526 bits per heavy atom. The summed E-state index contributed by atoms with van der Waals surface area (Å²) in [5.41, 5.74) is -5.72. The van der Waals surface area contributed by atoms with Gasteiger partial charge in [0.2, 0.25) is 0 Å². The Morgan fingerprint density at radius 2 is 0.974 bits per heavy atom. The Balaban J connectivity index is 1.84. The first-order valence-corrected chi connectivity index (χ1v) is 13.8. The van der Waals surface area contributed by atoms with E-state index in [1.54, 1.807) is 60.7 Å². The predicted octanol–water partition coefficient (Wildman–Crippen LogP) is 6.66. The van der Waals surface area contributed by atoms with Crippen molar-refractivity contribution in [3.8, 4) is 22.6 Å². The molecular formula is C27H17F3O6S2. The Bertz CT molecular complexity index is 1890. The third-order valence-electron chi connectivity index (χ3n) is 5.75. The standard InChI is InChI=1S/C27H17F3O6S2/c28-27(29,30)38(33,34)36-24-17-15-19-9-5-7-13-22(19)26(24)25-21-12-6-4-8-18(21)14-16-23(25)35-37(31,32)20-10-2-1-3-11-20/h1-17H. The summed E-state index contributed by atoms with van der Waals surface area (Å²) >= 11 is 0. The zero-order chi connectivity index (χ0) is 27.1. The summed E-state index contributed by atoms with van der Waals surface area (Å²) in [4.78, 5) is -0.145. The molecule has 0 atom stereocenters. The van der Waals surface area contributed by atoms with Gasteiger partial charge >= 0.3 is 25.7 Å². The second-order valence-corrected chi connectivity index (χ2v) is 11.2. The van der Waals surface area contributed by atoms with Crippen molar-refractivity contribution in [1.82, 2.24) is 0 Å². The van der Waals surface area contributed by atoms with E-state index in [4.69, 9.17) is 4.18 Å². The van der Waals surface area contributed by atoms with E-state index in [9.17, 15) is 30.0 Å². The van der Waals surface area contributed by atoms with Gasteiger partial charge in [-0.25, -0.2) is 0 Å². The van der Waals surface area contributed by atoms with Crippen LogP contribution in [0.1, 0.15) is 0 Å². The smallest absolute Gasteiger partial charge is 0.378 e. The average molecular weight is 559 g/mol. The Labute approximate surface area is 216 Å². The average Bonchev–Trinajstić information content (AvgIpc) is 2.88. The Morgan fingerprint density at radius 3 is 1.47 bits per heavy atom. The van der Waals surface area contributed by atoms with Crippen LogP contribution >= 0.6 is 0 Å². The van der Waals surface area contributed by atoms with Crippen molar-refractivity contribution in [3.05, 3.63) is 103 Å². The topological polar surface area (TPSA) is 86.7 Å². The van der Waals surface area contributed by atoms with E-state index in [-0.39, 0.29) is 21.8 Å². The molecule has 0 spiro atoms. The summed E-state index contributed by atoms with van der Waals surface area (Å²) in [5, 5.41) is 1.87. The lowest BCUT2D eigenvalue weighted by Crippen LogP contribution is -2.28. The first kappa shape index (κ1) is 25.6. The minimum absolute atomic E-state index is 0.0479. The maximum Gasteiger partial charge on any atom is 0.534 e. The van der Waals surface area contributed by atoms with E-state index in [1.807, 2.05) is 0 Å². The van der Waals surface area contributed by atoms with Crippen molar-refractivity contribution in [2.75, 3.05) is 0 Å². The van der Waals surface area contributed by atoms with Gasteiger partial charge in [0, 0.05) is 11.1 Å². The largest absolute Gasteiger partial charge is 0.534 e. The number of hydrogen-bond donors (Lipinski definition) is 0. The maximum absolute atomic E-state index is 13.3. The van der Waals surface area contributed by atoms with Gasteiger partial charge in [0.15, 0.2) is 11.5 Å². The molecule has 38 heavy (non-hydrogen) atoms. The molecule has 6 nitrogen and oxygen atoms in total. The normalized spacial score (nSPS) is 12.5. The minimum Gasteiger partial charge on any atom is -0.378 e. The van der Waals surface area contributed by atoms with Crippen molar-refractivity contribution in [1.29, 1.82) is 0 Å². The van der Waals surface area contributed by atoms with E-state index in [2.05, 4.69) is 4.18 Å². The van der Waals surface area contributed by atoms with E-state index < -0.39 is 31.5 Å². The van der Waals surface area contributed by atoms with Crippen LogP contribution in [0.25, 0.3) is 32.7 Å². The van der Waals surface area contributed by atoms with Crippen molar-refractivity contribution < 1.29 is 38.4 Å². The summed E-state index contributed by atoms with van der Waals surface area (Å²) in [7, 11) is -10.4. The van der Waals surface area contributed by atoms with Crippen molar-refractivity contribution in [2.24, 2.45) is 0 Å². The molecule has 0 aliphatic carbocycles. The quantitative estimate of drug-likeness (QED) is 0.171. The van der Waals surface area contributed by atoms with Crippen molar-refractivity contribution >= 4 is 41.8 Å². The second kappa shape index (κ2) is 9.34. The first-order chi connectivity index (χ1) is 18.0. The molecule has 0 fully saturated rings. The highest BCUT2D eigenvalue weighted by Crippen LogP contribution is 2.47. The number of fused-ring (bicyclic) bond motifs is 2. The molecule has 5 aromatic rings. The number of benzene rings is 5. The molecular weight excluding hydrogens is 541 g/mol. The lowest BCUT2D eigenvalue weighted by molar-refractivity contribution is -0.0499. The molecule has 0 radical (unpaired) electrons. The SMILES string of the molecule is O=S(=O)(Oc1ccc2ccccc2c1-c1c(OS(=O)(=O)C(F)(F)F)ccc2ccccc12)c1ccccc1. The van der Waals surface area contributed by atoms with Gasteiger partial charge in [0.25, 0.3) is 0 Å². The molecule has 0 N–H and O–H groups in total. The van der Waals surface area contributed by atoms with Crippen molar-refractivity contribution in [3.63, 3.8) is 0 Å². The van der Waals surface area contributed by atoms with E-state index in [0.29, 0.717) is 21.5 Å². The summed E-state index contributed by atoms with van der Waals surface area (Å²) in [6.07, 6.45) is 0. The molecule has 194 valence electrons. The third-order valence-corrected chi connectivity index (χ3v) is 7.96. The highest BCUT2D eigenvalue weighted by Gasteiger charge is 2.49. The fraction of sp³-hybridized carbons (Fsp3) is 0.0370. The highest BCUT2D eigenvalue weighted by molar-refractivity contribution is 7.88. The van der Waals surface area contributed by atoms with E-state index in [1.165, 1.54) is 36.4 Å². The fourth-order valence-corrected chi connectivity index (χ4v) is 5.51. The van der Waals surface area contributed by atoms with Gasteiger partial charge in [-0.15, -0.1) is 0 Å². The zero-order valence-electron chi connectivity index (χ0n) is 19.2. The molecule has 5 aromatic carbocycles. The van der Waals surface area contributed by atoms with E-state index >= 15 is 0 Å². The Kier molecular flexibility index (Phi) is 6.28. The molecule has 0 bridgehead atoms. The van der Waals surface area contributed by atoms with E-state index in [0.717, 1.165) is 6.07 Å². The van der Waals surface area contributed by atoms with Crippen LogP contribution in [-0.4, -0.2) is 22.3 Å². The monoisotopic (exact) mass is 558 g/mol. The number of rotatable bonds is 6. The van der Waals surface area contributed by atoms with Crippen LogP contribution in [0.15, 0.2) is 108 Å². The lowest BCUT2D eigenvalue weighted by atomic mass is 9.92. The predicted molar refractivity (Wildman–Crippen MR) is 137 cm³/mol. The van der Waals surface area contributed by atoms with Gasteiger partial charge in [-0.3, -0.25) is 0 Å². The molecule has 0 aliphatic rings. The van der Waals surface area contributed by atoms with Crippen LogP contribution in [0.3, 0.4) is 0 Å². The fourth-order valence-electron chi connectivity index (χ4n) is 4.08. The van der Waals surface area contributed by atoms with Crippen molar-refractivity contribution in [2.45, 2.75) is 10.4 Å². The minimum atomic E-state index is -6.05. The highest BCUT2D eigenvalue weighted by atomic mass is 32.2. The van der Waals surface area contributed by atoms with Gasteiger partial charge in [0.05, 0.1) is 0 Å². The molecule has 5 rings (SSSR count). The van der Waals surface area contributed by atoms with Gasteiger partial charge in [-0.1, -0.05) is 78.9 Å². The van der Waals surface area contributed by atoms with Crippen LogP contribution in [-0.2, 0) is 20.2 Å². The zero-order valence-corrected chi connectivity index (χ0v) is 20.8. The lowest BCUT2D eigenvalue weighted by Gasteiger charge is -2.19. The van der Waals surface area contributed by atoms with Crippen LogP contribution in [0.2, 0.25) is 0 Å². The molecule has 0 unspecified atom stereocenters. The summed E-state index contributed by atoms with van der Waals surface area (Å²) < 4.78 is 100. The van der Waals surface area contributed by atoms with Crippen LogP contribution in [0.4, 0.5) is 13.2 Å². The first-order valence-electron chi connectivity index (χ1n) is 11.0. The van der Waals surface area contributed by atoms with Crippen LogP contribution < -0.4 is 8.37 Å². The Hall–Kier alpha value is -4.09. The summed E-state index contributed by atoms with van der Waals surface area (Å²) in [6, 6.07) is 26.0. The molecule has 0 saturated carbocycles. The summed E-state index contributed by atoms with van der Waals surface area (Å²) in [5.74, 6) is -0.863. The number of alkyl halides is 3. The van der Waals surface area contributed by atoms with Gasteiger partial charge in [-0.2, -0.15) is 30.0 Å². The molecule has 0 aromatic heterocycles. The maximum atomic E-state index is 13.3. The van der Waals surface area contributed by atoms with Gasteiger partial charge < -0.3 is 8.37 Å². The molecule has 11 heteroatoms. The molecule has 0 aliphatic heterocycles. The van der Waals surface area contributed by atoms with Gasteiger partial charge in [-0.05, 0) is 45.8 Å². The van der Waals surface area contributed by atoms with Crippen LogP contribution in [0, 0.1) is 0 Å². The second-order valence-electron chi connectivity index (χ2n) is 8.15. The number of hydrogen-bond acceptors (Lipinski definition) is 6. The summed E-state index contributed by atoms with van der Waals surface area (Å²) in [6.45, 7) is 0. The number of halogens is 3. The molecule has 0 saturated heterocycles.